The van der Waals surface area contributed by atoms with Gasteiger partial charge in [0.1, 0.15) is 12.0 Å². The fourth-order valence-electron chi connectivity index (χ4n) is 5.60. The molecule has 1 aliphatic rings. The first kappa shape index (κ1) is 29.3. The molecule has 0 unspecified atom stereocenters. The SMILES string of the molecule is CCCCCCCCCCCCCCCCNc1ncnc(N2CCC(Cc3ccccc3)CC2)c1N. The Labute approximate surface area is 227 Å². The van der Waals surface area contributed by atoms with Gasteiger partial charge in [0.05, 0.1) is 0 Å². The lowest BCUT2D eigenvalue weighted by Gasteiger charge is -2.33. The van der Waals surface area contributed by atoms with Crippen LogP contribution in [0.4, 0.5) is 17.3 Å². The summed E-state index contributed by atoms with van der Waals surface area (Å²) in [5, 5.41) is 3.47. The van der Waals surface area contributed by atoms with E-state index in [1.54, 1.807) is 6.33 Å². The minimum atomic E-state index is 0.703. The maximum absolute atomic E-state index is 6.50. The van der Waals surface area contributed by atoms with Crippen LogP contribution in [-0.2, 0) is 6.42 Å². The Morgan fingerprint density at radius 3 is 1.95 bits per heavy atom. The summed E-state index contributed by atoms with van der Waals surface area (Å²) in [4.78, 5) is 11.3. The molecule has 1 saturated heterocycles. The molecule has 1 aromatic carbocycles. The average molecular weight is 508 g/mol. The zero-order chi connectivity index (χ0) is 26.0. The van der Waals surface area contributed by atoms with E-state index in [1.165, 1.54) is 115 Å². The number of benzene rings is 1. The summed E-state index contributed by atoms with van der Waals surface area (Å²) in [6.45, 7) is 5.24. The highest BCUT2D eigenvalue weighted by molar-refractivity contribution is 5.74. The predicted octanol–water partition coefficient (Wildman–Crippen LogP) is 8.41. The van der Waals surface area contributed by atoms with E-state index in [1.807, 2.05) is 0 Å². The van der Waals surface area contributed by atoms with Gasteiger partial charge in [-0.2, -0.15) is 0 Å². The van der Waals surface area contributed by atoms with Crippen molar-refractivity contribution >= 4 is 17.3 Å². The zero-order valence-corrected chi connectivity index (χ0v) is 23.6. The number of nitrogens with one attached hydrogen (secondary N) is 1. The summed E-state index contributed by atoms with van der Waals surface area (Å²) in [6.07, 6.45) is 24.5. The number of hydrogen-bond acceptors (Lipinski definition) is 5. The second-order valence-corrected chi connectivity index (χ2v) is 11.1. The van der Waals surface area contributed by atoms with Crippen molar-refractivity contribution in [2.24, 2.45) is 5.92 Å². The van der Waals surface area contributed by atoms with Gasteiger partial charge in [0.2, 0.25) is 0 Å². The lowest BCUT2D eigenvalue weighted by atomic mass is 9.90. The number of hydrogen-bond donors (Lipinski definition) is 2. The Balaban J connectivity index is 1.23. The highest BCUT2D eigenvalue weighted by Gasteiger charge is 2.23. The molecule has 2 aromatic rings. The van der Waals surface area contributed by atoms with Crippen LogP contribution < -0.4 is 16.0 Å². The summed E-state index contributed by atoms with van der Waals surface area (Å²) < 4.78 is 0. The Morgan fingerprint density at radius 2 is 1.35 bits per heavy atom. The van der Waals surface area contributed by atoms with Crippen LogP contribution in [0.3, 0.4) is 0 Å². The second kappa shape index (κ2) is 18.0. The van der Waals surface area contributed by atoms with Gasteiger partial charge in [-0.1, -0.05) is 121 Å². The van der Waals surface area contributed by atoms with E-state index in [0.29, 0.717) is 5.69 Å². The van der Waals surface area contributed by atoms with Gasteiger partial charge >= 0.3 is 0 Å². The molecular weight excluding hydrogens is 454 g/mol. The van der Waals surface area contributed by atoms with Gasteiger partial charge in [-0.3, -0.25) is 0 Å². The van der Waals surface area contributed by atoms with Crippen molar-refractivity contribution in [3.63, 3.8) is 0 Å². The quantitative estimate of drug-likeness (QED) is 0.187. The first-order valence-electron chi connectivity index (χ1n) is 15.4. The van der Waals surface area contributed by atoms with Crippen molar-refractivity contribution in [3.05, 3.63) is 42.2 Å². The Bertz CT molecular complexity index is 832. The number of rotatable bonds is 19. The highest BCUT2D eigenvalue weighted by Crippen LogP contribution is 2.30. The van der Waals surface area contributed by atoms with E-state index in [4.69, 9.17) is 5.73 Å². The van der Waals surface area contributed by atoms with Crippen molar-refractivity contribution in [3.8, 4) is 0 Å². The molecule has 0 bridgehead atoms. The number of piperidine rings is 1. The fraction of sp³-hybridized carbons (Fsp3) is 0.688. The van der Waals surface area contributed by atoms with Crippen molar-refractivity contribution in [2.75, 3.05) is 35.6 Å². The van der Waals surface area contributed by atoms with Gasteiger partial charge in [-0.25, -0.2) is 9.97 Å². The van der Waals surface area contributed by atoms with Crippen LogP contribution in [0.5, 0.6) is 0 Å². The molecule has 0 amide bonds. The van der Waals surface area contributed by atoms with Gasteiger partial charge in [0, 0.05) is 19.6 Å². The number of nitrogens with zero attached hydrogens (tertiary/aromatic N) is 3. The van der Waals surface area contributed by atoms with E-state index in [9.17, 15) is 0 Å². The number of aromatic nitrogens is 2. The molecule has 0 spiro atoms. The molecule has 206 valence electrons. The van der Waals surface area contributed by atoms with Crippen LogP contribution in [0.1, 0.15) is 115 Å². The molecule has 2 heterocycles. The van der Waals surface area contributed by atoms with Crippen LogP contribution in [0, 0.1) is 5.92 Å². The van der Waals surface area contributed by atoms with Gasteiger partial charge in [-0.15, -0.1) is 0 Å². The van der Waals surface area contributed by atoms with Crippen molar-refractivity contribution in [1.29, 1.82) is 0 Å². The van der Waals surface area contributed by atoms with Crippen molar-refractivity contribution in [1.82, 2.24) is 9.97 Å². The third-order valence-corrected chi connectivity index (χ3v) is 7.97. The van der Waals surface area contributed by atoms with Crippen LogP contribution >= 0.6 is 0 Å². The first-order chi connectivity index (χ1) is 18.3. The van der Waals surface area contributed by atoms with Crippen LogP contribution in [-0.4, -0.2) is 29.6 Å². The lowest BCUT2D eigenvalue weighted by molar-refractivity contribution is 0.402. The molecule has 0 aliphatic carbocycles. The molecule has 3 N–H and O–H groups in total. The normalized spacial score (nSPS) is 14.2. The van der Waals surface area contributed by atoms with Crippen LogP contribution in [0.15, 0.2) is 36.7 Å². The fourth-order valence-corrected chi connectivity index (χ4v) is 5.60. The van der Waals surface area contributed by atoms with Crippen LogP contribution in [0.2, 0.25) is 0 Å². The van der Waals surface area contributed by atoms with E-state index < -0.39 is 0 Å². The third kappa shape index (κ3) is 11.3. The molecule has 37 heavy (non-hydrogen) atoms. The number of nitrogen functional groups attached to an aromatic ring is 1. The first-order valence-corrected chi connectivity index (χ1v) is 15.4. The van der Waals surface area contributed by atoms with Gasteiger partial charge in [0.15, 0.2) is 11.6 Å². The second-order valence-electron chi connectivity index (χ2n) is 11.1. The topological polar surface area (TPSA) is 67.1 Å². The number of anilines is 3. The predicted molar refractivity (Wildman–Crippen MR) is 160 cm³/mol. The molecule has 5 heteroatoms. The minimum absolute atomic E-state index is 0.703. The highest BCUT2D eigenvalue weighted by atomic mass is 15.2. The maximum Gasteiger partial charge on any atom is 0.157 e. The van der Waals surface area contributed by atoms with Gasteiger partial charge in [-0.05, 0) is 37.2 Å². The van der Waals surface area contributed by atoms with Crippen molar-refractivity contribution in [2.45, 2.75) is 116 Å². The molecule has 0 atom stereocenters. The molecule has 0 saturated carbocycles. The summed E-state index contributed by atoms with van der Waals surface area (Å²) in [6, 6.07) is 10.9. The molecule has 1 aliphatic heterocycles. The summed E-state index contributed by atoms with van der Waals surface area (Å²) in [5.74, 6) is 2.43. The average Bonchev–Trinajstić information content (AvgIpc) is 2.93. The Kier molecular flexibility index (Phi) is 14.3. The zero-order valence-electron chi connectivity index (χ0n) is 23.6. The van der Waals surface area contributed by atoms with E-state index >= 15 is 0 Å². The lowest BCUT2D eigenvalue weighted by Crippen LogP contribution is -2.35. The Hall–Kier alpha value is -2.30. The largest absolute Gasteiger partial charge is 0.393 e. The molecular formula is C32H53N5. The molecule has 0 radical (unpaired) electrons. The summed E-state index contributed by atoms with van der Waals surface area (Å²) in [7, 11) is 0. The third-order valence-electron chi connectivity index (χ3n) is 7.97. The van der Waals surface area contributed by atoms with E-state index in [2.05, 4.69) is 57.4 Å². The monoisotopic (exact) mass is 507 g/mol. The van der Waals surface area contributed by atoms with E-state index in [-0.39, 0.29) is 0 Å². The summed E-state index contributed by atoms with van der Waals surface area (Å²) in [5.41, 5.74) is 8.65. The maximum atomic E-state index is 6.50. The van der Waals surface area contributed by atoms with E-state index in [0.717, 1.165) is 37.2 Å². The van der Waals surface area contributed by atoms with Crippen LogP contribution in [0.25, 0.3) is 0 Å². The number of nitrogens with two attached hydrogens (primary N) is 1. The molecule has 1 fully saturated rings. The standard InChI is InChI=1S/C32H53N5/c1-2-3-4-5-6-7-8-9-10-11-12-13-14-18-23-34-31-30(33)32(36-27-35-31)37-24-21-29(22-25-37)26-28-19-16-15-17-20-28/h15-17,19-20,27,29H,2-14,18,21-26,33H2,1H3,(H,34,35,36). The Morgan fingerprint density at radius 1 is 0.784 bits per heavy atom. The minimum Gasteiger partial charge on any atom is -0.393 e. The van der Waals surface area contributed by atoms with Gasteiger partial charge < -0.3 is 16.0 Å². The molecule has 5 nitrogen and oxygen atoms in total. The molecule has 3 rings (SSSR count). The summed E-state index contributed by atoms with van der Waals surface area (Å²) >= 11 is 0. The smallest absolute Gasteiger partial charge is 0.157 e. The molecule has 1 aromatic heterocycles. The van der Waals surface area contributed by atoms with Crippen molar-refractivity contribution < 1.29 is 0 Å². The number of unbranched alkanes of at least 4 members (excludes halogenated alkanes) is 13. The van der Waals surface area contributed by atoms with Gasteiger partial charge in [0.25, 0.3) is 0 Å².